The van der Waals surface area contributed by atoms with Crippen molar-refractivity contribution in [2.75, 3.05) is 10.1 Å². The summed E-state index contributed by atoms with van der Waals surface area (Å²) in [5.41, 5.74) is 1.41. The molecular formula is C20H14ClF3N4O4S. The quantitative estimate of drug-likeness (QED) is 0.253. The molecule has 0 aliphatic heterocycles. The maximum Gasteiger partial charge on any atom is 0.416 e. The number of hydrazone groups is 1. The number of hydrogen-bond acceptors (Lipinski definition) is 6. The molecule has 0 aromatic heterocycles. The molecule has 33 heavy (non-hydrogen) atoms. The van der Waals surface area contributed by atoms with Crippen molar-refractivity contribution in [3.05, 3.63) is 93.0 Å². The smallest absolute Gasteiger partial charge is 0.280 e. The summed E-state index contributed by atoms with van der Waals surface area (Å²) in [5, 5.41) is 15.6. The summed E-state index contributed by atoms with van der Waals surface area (Å²) >= 11 is 5.76. The molecular weight excluding hydrogens is 485 g/mol. The third kappa shape index (κ3) is 6.20. The van der Waals surface area contributed by atoms with E-state index in [-0.39, 0.29) is 16.3 Å². The second-order valence-corrected chi connectivity index (χ2v) is 8.66. The Morgan fingerprint density at radius 3 is 2.21 bits per heavy atom. The molecule has 8 nitrogen and oxygen atoms in total. The van der Waals surface area contributed by atoms with E-state index in [1.165, 1.54) is 36.4 Å². The Morgan fingerprint density at radius 1 is 1.00 bits per heavy atom. The highest BCUT2D eigenvalue weighted by Crippen LogP contribution is 2.30. The Hall–Kier alpha value is -3.64. The first kappa shape index (κ1) is 24.0. The Bertz CT molecular complexity index is 1300. The summed E-state index contributed by atoms with van der Waals surface area (Å²) in [6.07, 6.45) is -3.31. The fourth-order valence-corrected chi connectivity index (χ4v) is 3.79. The first-order valence-corrected chi connectivity index (χ1v) is 10.8. The van der Waals surface area contributed by atoms with Crippen LogP contribution in [0.5, 0.6) is 0 Å². The molecule has 3 aromatic rings. The second kappa shape index (κ2) is 9.46. The van der Waals surface area contributed by atoms with Crippen LogP contribution in [-0.4, -0.2) is 19.6 Å². The van der Waals surface area contributed by atoms with Crippen molar-refractivity contribution in [1.29, 1.82) is 0 Å². The summed E-state index contributed by atoms with van der Waals surface area (Å²) in [4.78, 5) is 10.3. The van der Waals surface area contributed by atoms with Gasteiger partial charge < -0.3 is 0 Å². The van der Waals surface area contributed by atoms with Crippen LogP contribution in [0, 0.1) is 10.1 Å². The fraction of sp³-hybridized carbons (Fsp3) is 0.0500. The number of hydrogen-bond donors (Lipinski definition) is 2. The molecule has 0 saturated heterocycles. The van der Waals surface area contributed by atoms with Crippen LogP contribution in [0.3, 0.4) is 0 Å². The van der Waals surface area contributed by atoms with Gasteiger partial charge in [-0.25, -0.2) is 8.42 Å². The van der Waals surface area contributed by atoms with E-state index in [4.69, 9.17) is 11.6 Å². The Kier molecular flexibility index (Phi) is 6.89. The number of nitro benzene ring substituents is 1. The maximum absolute atomic E-state index is 12.6. The first-order valence-electron chi connectivity index (χ1n) is 8.99. The number of anilines is 2. The van der Waals surface area contributed by atoms with Crippen molar-refractivity contribution in [1.82, 2.24) is 0 Å². The van der Waals surface area contributed by atoms with Crippen molar-refractivity contribution < 1.29 is 26.5 Å². The molecule has 0 aliphatic carbocycles. The van der Waals surface area contributed by atoms with Gasteiger partial charge in [0.1, 0.15) is 5.69 Å². The Balaban J connectivity index is 1.79. The van der Waals surface area contributed by atoms with Crippen molar-refractivity contribution in [3.8, 4) is 0 Å². The van der Waals surface area contributed by atoms with Gasteiger partial charge in [-0.05, 0) is 54.1 Å². The molecule has 0 atom stereocenters. The number of nitrogens with zero attached hydrogens (tertiary/aromatic N) is 2. The molecule has 0 bridgehead atoms. The van der Waals surface area contributed by atoms with Crippen LogP contribution >= 0.6 is 11.6 Å². The summed E-state index contributed by atoms with van der Waals surface area (Å²) in [6, 6.07) is 13.1. The normalized spacial score (nSPS) is 12.0. The van der Waals surface area contributed by atoms with Crippen LogP contribution in [0.2, 0.25) is 5.02 Å². The summed E-state index contributed by atoms with van der Waals surface area (Å²) in [6.45, 7) is 0. The number of benzene rings is 3. The van der Waals surface area contributed by atoms with Gasteiger partial charge in [-0.15, -0.1) is 0 Å². The number of nitro groups is 1. The van der Waals surface area contributed by atoms with Gasteiger partial charge in [-0.1, -0.05) is 23.7 Å². The van der Waals surface area contributed by atoms with Crippen LogP contribution < -0.4 is 10.1 Å². The number of nitrogens with one attached hydrogen (secondary N) is 2. The Morgan fingerprint density at radius 2 is 1.64 bits per heavy atom. The zero-order valence-corrected chi connectivity index (χ0v) is 17.9. The van der Waals surface area contributed by atoms with Gasteiger partial charge in [0.05, 0.1) is 21.6 Å². The van der Waals surface area contributed by atoms with Gasteiger partial charge in [0, 0.05) is 16.8 Å². The standard InChI is InChI=1S/C20H14ClF3N4O4S/c21-15-5-7-16(8-6-15)27-33(31,32)17-9-10-18(19(11-17)28(29)30)26-25-12-13-1-3-14(4-2-13)20(22,23)24/h1-12,26-27H. The summed E-state index contributed by atoms with van der Waals surface area (Å²) < 4.78 is 65.2. The van der Waals surface area contributed by atoms with E-state index in [2.05, 4.69) is 15.2 Å². The largest absolute Gasteiger partial charge is 0.416 e. The molecule has 0 radical (unpaired) electrons. The van der Waals surface area contributed by atoms with E-state index in [1.54, 1.807) is 0 Å². The highest BCUT2D eigenvalue weighted by atomic mass is 35.5. The topological polar surface area (TPSA) is 114 Å². The molecule has 3 aromatic carbocycles. The highest BCUT2D eigenvalue weighted by Gasteiger charge is 2.29. The SMILES string of the molecule is O=[N+]([O-])c1cc(S(=O)(=O)Nc2ccc(Cl)cc2)ccc1NN=Cc1ccc(C(F)(F)F)cc1. The monoisotopic (exact) mass is 498 g/mol. The molecule has 3 rings (SSSR count). The third-order valence-corrected chi connectivity index (χ3v) is 5.84. The zero-order chi connectivity index (χ0) is 24.2. The molecule has 0 spiro atoms. The lowest BCUT2D eigenvalue weighted by Gasteiger charge is -2.09. The number of sulfonamides is 1. The summed E-state index contributed by atoms with van der Waals surface area (Å²) in [5.74, 6) is 0. The minimum Gasteiger partial charge on any atom is -0.280 e. The summed E-state index contributed by atoms with van der Waals surface area (Å²) in [7, 11) is -4.13. The van der Waals surface area contributed by atoms with E-state index >= 15 is 0 Å². The fourth-order valence-electron chi connectivity index (χ4n) is 2.59. The lowest BCUT2D eigenvalue weighted by atomic mass is 10.1. The van der Waals surface area contributed by atoms with Crippen LogP contribution in [0.25, 0.3) is 0 Å². The number of alkyl halides is 3. The van der Waals surface area contributed by atoms with Gasteiger partial charge in [-0.2, -0.15) is 18.3 Å². The average Bonchev–Trinajstić information content (AvgIpc) is 2.75. The van der Waals surface area contributed by atoms with Gasteiger partial charge in [0.25, 0.3) is 15.7 Å². The average molecular weight is 499 g/mol. The van der Waals surface area contributed by atoms with Gasteiger partial charge in [-0.3, -0.25) is 20.3 Å². The molecule has 13 heteroatoms. The highest BCUT2D eigenvalue weighted by molar-refractivity contribution is 7.92. The first-order chi connectivity index (χ1) is 15.5. The predicted octanol–water partition coefficient (Wildman–Crippen LogP) is 5.51. The van der Waals surface area contributed by atoms with E-state index in [9.17, 15) is 31.7 Å². The van der Waals surface area contributed by atoms with Gasteiger partial charge in [0.15, 0.2) is 0 Å². The lowest BCUT2D eigenvalue weighted by molar-refractivity contribution is -0.384. The molecule has 2 N–H and O–H groups in total. The van der Waals surface area contributed by atoms with Gasteiger partial charge in [0.2, 0.25) is 0 Å². The van der Waals surface area contributed by atoms with Crippen LogP contribution in [0.1, 0.15) is 11.1 Å². The van der Waals surface area contributed by atoms with E-state index in [1.807, 2.05) is 0 Å². The second-order valence-electron chi connectivity index (χ2n) is 6.54. The number of halogens is 4. The maximum atomic E-state index is 12.6. The predicted molar refractivity (Wildman–Crippen MR) is 118 cm³/mol. The third-order valence-electron chi connectivity index (χ3n) is 4.21. The minimum atomic E-state index is -4.47. The molecule has 0 heterocycles. The number of rotatable bonds is 7. The van der Waals surface area contributed by atoms with Crippen LogP contribution in [0.4, 0.5) is 30.2 Å². The van der Waals surface area contributed by atoms with Crippen molar-refractivity contribution >= 4 is 44.9 Å². The van der Waals surface area contributed by atoms with Crippen LogP contribution in [-0.2, 0) is 16.2 Å². The molecule has 172 valence electrons. The van der Waals surface area contributed by atoms with E-state index in [0.717, 1.165) is 36.5 Å². The van der Waals surface area contributed by atoms with Crippen molar-refractivity contribution in [2.45, 2.75) is 11.1 Å². The molecule has 0 amide bonds. The van der Waals surface area contributed by atoms with Gasteiger partial charge >= 0.3 is 6.18 Å². The lowest BCUT2D eigenvalue weighted by Crippen LogP contribution is -2.13. The van der Waals surface area contributed by atoms with E-state index in [0.29, 0.717) is 10.6 Å². The molecule has 0 fully saturated rings. The molecule has 0 saturated carbocycles. The van der Waals surface area contributed by atoms with Crippen molar-refractivity contribution in [2.24, 2.45) is 5.10 Å². The Labute approximate surface area is 190 Å². The molecule has 0 aliphatic rings. The van der Waals surface area contributed by atoms with Crippen molar-refractivity contribution in [3.63, 3.8) is 0 Å². The van der Waals surface area contributed by atoms with E-state index < -0.39 is 32.4 Å². The molecule has 0 unspecified atom stereocenters. The minimum absolute atomic E-state index is 0.117. The van der Waals surface area contributed by atoms with Crippen LogP contribution in [0.15, 0.2) is 76.7 Å². The zero-order valence-electron chi connectivity index (χ0n) is 16.4.